The van der Waals surface area contributed by atoms with Crippen molar-refractivity contribution in [2.45, 2.75) is 46.0 Å². The van der Waals surface area contributed by atoms with E-state index in [0.717, 1.165) is 25.7 Å². The second-order valence-corrected chi connectivity index (χ2v) is 6.38. The van der Waals surface area contributed by atoms with Crippen molar-refractivity contribution in [3.05, 3.63) is 54.1 Å². The standard InChI is InChI=1S/C22H28N2O3/c1-3-5-6-14-21(25)23-17-10-9-11-18(16-17)24-22(26)19-12-7-8-13-20(19)27-15-4-2/h7-13,16H,3-6,14-15H2,1-2H3,(H,23,25)(H,24,26). The van der Waals surface area contributed by atoms with Crippen LogP contribution >= 0.6 is 0 Å². The minimum absolute atomic E-state index is 0.00904. The maximum Gasteiger partial charge on any atom is 0.259 e. The lowest BCUT2D eigenvalue weighted by Crippen LogP contribution is -2.15. The van der Waals surface area contributed by atoms with Gasteiger partial charge in [0.1, 0.15) is 5.75 Å². The third-order valence-corrected chi connectivity index (χ3v) is 4.00. The van der Waals surface area contributed by atoms with E-state index in [4.69, 9.17) is 4.74 Å². The number of carbonyl (C=O) groups is 2. The fourth-order valence-corrected chi connectivity index (χ4v) is 2.62. The van der Waals surface area contributed by atoms with Gasteiger partial charge < -0.3 is 15.4 Å². The van der Waals surface area contributed by atoms with Gasteiger partial charge in [0.05, 0.1) is 12.2 Å². The third-order valence-electron chi connectivity index (χ3n) is 4.00. The summed E-state index contributed by atoms with van der Waals surface area (Å²) in [6.45, 7) is 4.68. The van der Waals surface area contributed by atoms with Crippen LogP contribution in [0.3, 0.4) is 0 Å². The second kappa shape index (κ2) is 11.0. The van der Waals surface area contributed by atoms with E-state index in [-0.39, 0.29) is 11.8 Å². The third kappa shape index (κ3) is 6.77. The van der Waals surface area contributed by atoms with Crippen LogP contribution in [0.2, 0.25) is 0 Å². The number of carbonyl (C=O) groups excluding carboxylic acids is 2. The van der Waals surface area contributed by atoms with E-state index in [1.165, 1.54) is 0 Å². The lowest BCUT2D eigenvalue weighted by molar-refractivity contribution is -0.116. The van der Waals surface area contributed by atoms with Crippen LogP contribution in [0.15, 0.2) is 48.5 Å². The Morgan fingerprint density at radius 1 is 0.889 bits per heavy atom. The smallest absolute Gasteiger partial charge is 0.259 e. The Labute approximate surface area is 161 Å². The summed E-state index contributed by atoms with van der Waals surface area (Å²) in [6, 6.07) is 14.3. The highest BCUT2D eigenvalue weighted by atomic mass is 16.5. The van der Waals surface area contributed by atoms with Gasteiger partial charge in [-0.05, 0) is 43.2 Å². The minimum atomic E-state index is -0.242. The molecule has 0 radical (unpaired) electrons. The van der Waals surface area contributed by atoms with Crippen LogP contribution in [0.1, 0.15) is 56.3 Å². The number of hydrogen-bond donors (Lipinski definition) is 2. The Balaban J connectivity index is 2.01. The maximum atomic E-state index is 12.6. The first-order valence-corrected chi connectivity index (χ1v) is 9.57. The van der Waals surface area contributed by atoms with Gasteiger partial charge in [-0.25, -0.2) is 0 Å². The van der Waals surface area contributed by atoms with Crippen molar-refractivity contribution >= 4 is 23.2 Å². The normalized spacial score (nSPS) is 10.3. The summed E-state index contributed by atoms with van der Waals surface area (Å²) >= 11 is 0. The quantitative estimate of drug-likeness (QED) is 0.563. The van der Waals surface area contributed by atoms with E-state index in [1.54, 1.807) is 36.4 Å². The van der Waals surface area contributed by atoms with Crippen molar-refractivity contribution in [2.75, 3.05) is 17.2 Å². The molecule has 2 aromatic carbocycles. The predicted molar refractivity (Wildman–Crippen MR) is 109 cm³/mol. The number of unbranched alkanes of at least 4 members (excludes halogenated alkanes) is 2. The fraction of sp³-hybridized carbons (Fsp3) is 0.364. The van der Waals surface area contributed by atoms with E-state index < -0.39 is 0 Å². The Hall–Kier alpha value is -2.82. The predicted octanol–water partition coefficient (Wildman–Crippen LogP) is 5.25. The van der Waals surface area contributed by atoms with E-state index in [2.05, 4.69) is 17.6 Å². The number of para-hydroxylation sites is 1. The van der Waals surface area contributed by atoms with Crippen LogP contribution in [0, 0.1) is 0 Å². The zero-order valence-corrected chi connectivity index (χ0v) is 16.1. The number of benzene rings is 2. The summed E-state index contributed by atoms with van der Waals surface area (Å²) in [4.78, 5) is 24.6. The van der Waals surface area contributed by atoms with Gasteiger partial charge in [0, 0.05) is 17.8 Å². The molecule has 0 saturated carbocycles. The first-order chi connectivity index (χ1) is 13.1. The monoisotopic (exact) mass is 368 g/mol. The molecule has 27 heavy (non-hydrogen) atoms. The van der Waals surface area contributed by atoms with Gasteiger partial charge in [0.15, 0.2) is 0 Å². The van der Waals surface area contributed by atoms with Crippen LogP contribution in [0.25, 0.3) is 0 Å². The van der Waals surface area contributed by atoms with Crippen molar-refractivity contribution in [3.8, 4) is 5.75 Å². The molecule has 2 N–H and O–H groups in total. The number of anilines is 2. The Morgan fingerprint density at radius 2 is 1.63 bits per heavy atom. The Bertz CT molecular complexity index is 759. The molecule has 0 saturated heterocycles. The second-order valence-electron chi connectivity index (χ2n) is 6.38. The molecule has 5 heteroatoms. The summed E-state index contributed by atoms with van der Waals surface area (Å²) in [7, 11) is 0. The van der Waals surface area contributed by atoms with Gasteiger partial charge in [0.25, 0.3) is 5.91 Å². The molecule has 0 unspecified atom stereocenters. The fourth-order valence-electron chi connectivity index (χ4n) is 2.62. The van der Waals surface area contributed by atoms with E-state index in [9.17, 15) is 9.59 Å². The van der Waals surface area contributed by atoms with Crippen molar-refractivity contribution in [3.63, 3.8) is 0 Å². The zero-order valence-electron chi connectivity index (χ0n) is 16.1. The largest absolute Gasteiger partial charge is 0.493 e. The highest BCUT2D eigenvalue weighted by Crippen LogP contribution is 2.21. The molecule has 144 valence electrons. The maximum absolute atomic E-state index is 12.6. The number of ether oxygens (including phenoxy) is 1. The molecule has 0 aliphatic heterocycles. The molecule has 0 atom stereocenters. The number of hydrogen-bond acceptors (Lipinski definition) is 3. The molecule has 0 aromatic heterocycles. The first kappa shape index (κ1) is 20.5. The van der Waals surface area contributed by atoms with Gasteiger partial charge in [0.2, 0.25) is 5.91 Å². The van der Waals surface area contributed by atoms with E-state index in [1.807, 2.05) is 19.1 Å². The average Bonchev–Trinajstić information content (AvgIpc) is 2.67. The van der Waals surface area contributed by atoms with Crippen LogP contribution in [0.5, 0.6) is 5.75 Å². The molecule has 5 nitrogen and oxygen atoms in total. The summed E-state index contributed by atoms with van der Waals surface area (Å²) in [5.74, 6) is 0.315. The van der Waals surface area contributed by atoms with Gasteiger partial charge in [-0.3, -0.25) is 9.59 Å². The lowest BCUT2D eigenvalue weighted by Gasteiger charge is -2.12. The van der Waals surface area contributed by atoms with E-state index in [0.29, 0.717) is 35.7 Å². The minimum Gasteiger partial charge on any atom is -0.493 e. The summed E-state index contributed by atoms with van der Waals surface area (Å²) < 4.78 is 5.65. The summed E-state index contributed by atoms with van der Waals surface area (Å²) in [6.07, 6.45) is 4.39. The average molecular weight is 368 g/mol. The Morgan fingerprint density at radius 3 is 2.37 bits per heavy atom. The van der Waals surface area contributed by atoms with Gasteiger partial charge in [-0.1, -0.05) is 44.9 Å². The molecule has 0 spiro atoms. The first-order valence-electron chi connectivity index (χ1n) is 9.57. The molecule has 2 aromatic rings. The topological polar surface area (TPSA) is 67.4 Å². The molecule has 0 aliphatic carbocycles. The Kier molecular flexibility index (Phi) is 8.36. The van der Waals surface area contributed by atoms with Crippen LogP contribution in [-0.2, 0) is 4.79 Å². The van der Waals surface area contributed by atoms with Crippen LogP contribution in [-0.4, -0.2) is 18.4 Å². The molecular weight excluding hydrogens is 340 g/mol. The summed E-state index contributed by atoms with van der Waals surface area (Å²) in [5, 5.41) is 5.75. The van der Waals surface area contributed by atoms with Gasteiger partial charge in [-0.2, -0.15) is 0 Å². The van der Waals surface area contributed by atoms with E-state index >= 15 is 0 Å². The molecule has 2 amide bonds. The SMILES string of the molecule is CCCCCC(=O)Nc1cccc(NC(=O)c2ccccc2OCCC)c1. The lowest BCUT2D eigenvalue weighted by atomic mass is 10.1. The van der Waals surface area contributed by atoms with Crippen LogP contribution in [0.4, 0.5) is 11.4 Å². The molecular formula is C22H28N2O3. The van der Waals surface area contributed by atoms with Crippen molar-refractivity contribution < 1.29 is 14.3 Å². The van der Waals surface area contributed by atoms with Gasteiger partial charge >= 0.3 is 0 Å². The van der Waals surface area contributed by atoms with Crippen molar-refractivity contribution in [2.24, 2.45) is 0 Å². The van der Waals surface area contributed by atoms with Gasteiger partial charge in [-0.15, -0.1) is 0 Å². The highest BCUT2D eigenvalue weighted by molar-refractivity contribution is 6.06. The zero-order chi connectivity index (χ0) is 19.5. The molecule has 0 fully saturated rings. The summed E-state index contributed by atoms with van der Waals surface area (Å²) in [5.41, 5.74) is 1.78. The highest BCUT2D eigenvalue weighted by Gasteiger charge is 2.12. The number of nitrogens with one attached hydrogen (secondary N) is 2. The molecule has 0 bridgehead atoms. The number of rotatable bonds is 10. The van der Waals surface area contributed by atoms with Crippen LogP contribution < -0.4 is 15.4 Å². The van der Waals surface area contributed by atoms with Crippen molar-refractivity contribution in [1.82, 2.24) is 0 Å². The molecule has 0 aliphatic rings. The molecule has 0 heterocycles. The molecule has 2 rings (SSSR count). The van der Waals surface area contributed by atoms with Crippen molar-refractivity contribution in [1.29, 1.82) is 0 Å². The number of amides is 2.